The Morgan fingerprint density at radius 1 is 1.22 bits per heavy atom. The minimum atomic E-state index is -0.937. The predicted molar refractivity (Wildman–Crippen MR) is 84.5 cm³/mol. The number of amides is 5. The Labute approximate surface area is 138 Å². The van der Waals surface area contributed by atoms with E-state index in [-0.39, 0.29) is 18.4 Å². The summed E-state index contributed by atoms with van der Waals surface area (Å²) in [4.78, 5) is 52.2. The Kier molecular flexibility index (Phi) is 5.15. The molecular formula is C15H19N3O4S. The Hall–Kier alpha value is -2.22. The summed E-state index contributed by atoms with van der Waals surface area (Å²) in [6.45, 7) is 3.83. The van der Waals surface area contributed by atoms with Crippen LogP contribution < -0.4 is 0 Å². The zero-order valence-electron chi connectivity index (χ0n) is 13.3. The normalized spacial score (nSPS) is 15.0. The van der Waals surface area contributed by atoms with Gasteiger partial charge in [0.1, 0.15) is 6.54 Å². The zero-order valence-corrected chi connectivity index (χ0v) is 14.1. The summed E-state index contributed by atoms with van der Waals surface area (Å²) in [5, 5.41) is 1.91. The fourth-order valence-corrected chi connectivity index (χ4v) is 2.95. The van der Waals surface area contributed by atoms with Crippen molar-refractivity contribution in [2.45, 2.75) is 20.4 Å². The van der Waals surface area contributed by atoms with E-state index in [1.807, 2.05) is 31.4 Å². The second kappa shape index (κ2) is 6.91. The molecule has 0 saturated carbocycles. The first-order chi connectivity index (χ1) is 10.8. The molecule has 0 N–H and O–H groups in total. The van der Waals surface area contributed by atoms with Crippen LogP contribution in [-0.2, 0) is 20.9 Å². The number of rotatable bonds is 6. The maximum atomic E-state index is 12.2. The quantitative estimate of drug-likeness (QED) is 0.576. The monoisotopic (exact) mass is 337 g/mol. The van der Waals surface area contributed by atoms with Gasteiger partial charge in [0.2, 0.25) is 5.91 Å². The SMILES string of the molecule is CC(C)CN1C(=O)C(=O)N(CC(=O)N(C)Cc2cccs2)C1=O. The fourth-order valence-electron chi connectivity index (χ4n) is 2.20. The summed E-state index contributed by atoms with van der Waals surface area (Å²) < 4.78 is 0. The molecule has 1 aromatic heterocycles. The van der Waals surface area contributed by atoms with Crippen LogP contribution in [0.15, 0.2) is 17.5 Å². The first-order valence-corrected chi connectivity index (χ1v) is 8.13. The lowest BCUT2D eigenvalue weighted by Gasteiger charge is -2.20. The van der Waals surface area contributed by atoms with Gasteiger partial charge in [0.05, 0.1) is 6.54 Å². The molecule has 1 aliphatic rings. The number of imide groups is 2. The van der Waals surface area contributed by atoms with Gasteiger partial charge in [-0.3, -0.25) is 19.3 Å². The molecule has 1 aromatic rings. The maximum Gasteiger partial charge on any atom is 0.334 e. The van der Waals surface area contributed by atoms with Crippen molar-refractivity contribution in [3.63, 3.8) is 0 Å². The van der Waals surface area contributed by atoms with Gasteiger partial charge in [0.25, 0.3) is 0 Å². The van der Waals surface area contributed by atoms with Gasteiger partial charge >= 0.3 is 17.8 Å². The first-order valence-electron chi connectivity index (χ1n) is 7.25. The summed E-state index contributed by atoms with van der Waals surface area (Å²) in [5.74, 6) is -2.14. The average molecular weight is 337 g/mol. The van der Waals surface area contributed by atoms with Crippen LogP contribution in [-0.4, -0.2) is 58.6 Å². The largest absolute Gasteiger partial charge is 0.339 e. The lowest BCUT2D eigenvalue weighted by atomic mass is 10.2. The van der Waals surface area contributed by atoms with Crippen molar-refractivity contribution in [1.29, 1.82) is 0 Å². The topological polar surface area (TPSA) is 78.0 Å². The van der Waals surface area contributed by atoms with Crippen LogP contribution in [0.1, 0.15) is 18.7 Å². The molecular weight excluding hydrogens is 318 g/mol. The minimum absolute atomic E-state index is 0.0489. The van der Waals surface area contributed by atoms with Crippen LogP contribution in [0.5, 0.6) is 0 Å². The van der Waals surface area contributed by atoms with E-state index in [1.165, 1.54) is 16.2 Å². The Morgan fingerprint density at radius 3 is 2.43 bits per heavy atom. The molecule has 7 nitrogen and oxygen atoms in total. The van der Waals surface area contributed by atoms with Crippen LogP contribution in [0.2, 0.25) is 0 Å². The third-order valence-corrected chi connectivity index (χ3v) is 4.24. The molecule has 0 radical (unpaired) electrons. The summed E-state index contributed by atoms with van der Waals surface area (Å²) in [6, 6.07) is 3.06. The molecule has 0 atom stereocenters. The average Bonchev–Trinajstić information content (AvgIpc) is 3.05. The van der Waals surface area contributed by atoms with Gasteiger partial charge in [-0.05, 0) is 17.4 Å². The van der Waals surface area contributed by atoms with E-state index in [9.17, 15) is 19.2 Å². The second-order valence-corrected chi connectivity index (χ2v) is 6.84. The standard InChI is InChI=1S/C15H19N3O4S/c1-10(2)7-17-13(20)14(21)18(15(17)22)9-12(19)16(3)8-11-5-4-6-23-11/h4-6,10H,7-9H2,1-3H3. The molecule has 8 heteroatoms. The molecule has 2 rings (SSSR count). The van der Waals surface area contributed by atoms with E-state index in [0.717, 1.165) is 14.7 Å². The molecule has 124 valence electrons. The van der Waals surface area contributed by atoms with Crippen LogP contribution >= 0.6 is 11.3 Å². The molecule has 1 fully saturated rings. The first kappa shape index (κ1) is 17.1. The molecule has 23 heavy (non-hydrogen) atoms. The van der Waals surface area contributed by atoms with Gasteiger partial charge in [-0.1, -0.05) is 19.9 Å². The maximum absolute atomic E-state index is 12.2. The molecule has 5 amide bonds. The zero-order chi connectivity index (χ0) is 17.1. The molecule has 0 bridgehead atoms. The van der Waals surface area contributed by atoms with Gasteiger partial charge < -0.3 is 4.90 Å². The van der Waals surface area contributed by atoms with Crippen molar-refractivity contribution in [2.24, 2.45) is 5.92 Å². The van der Waals surface area contributed by atoms with Crippen LogP contribution in [0, 0.1) is 5.92 Å². The number of carbonyl (C=O) groups excluding carboxylic acids is 4. The van der Waals surface area contributed by atoms with Crippen LogP contribution in [0.3, 0.4) is 0 Å². The molecule has 0 spiro atoms. The van der Waals surface area contributed by atoms with Gasteiger partial charge in [0.15, 0.2) is 0 Å². The number of carbonyl (C=O) groups is 4. The molecule has 0 unspecified atom stereocenters. The smallest absolute Gasteiger partial charge is 0.334 e. The van der Waals surface area contributed by atoms with Crippen molar-refractivity contribution in [1.82, 2.24) is 14.7 Å². The Morgan fingerprint density at radius 2 is 1.87 bits per heavy atom. The highest BCUT2D eigenvalue weighted by atomic mass is 32.1. The van der Waals surface area contributed by atoms with Crippen LogP contribution in [0.25, 0.3) is 0 Å². The number of thiophene rings is 1. The van der Waals surface area contributed by atoms with Gasteiger partial charge in [-0.2, -0.15) is 0 Å². The number of hydrogen-bond donors (Lipinski definition) is 0. The molecule has 0 aromatic carbocycles. The predicted octanol–water partition coefficient (Wildman–Crippen LogP) is 1.15. The number of nitrogens with zero attached hydrogens (tertiary/aromatic N) is 3. The van der Waals surface area contributed by atoms with E-state index in [4.69, 9.17) is 0 Å². The van der Waals surface area contributed by atoms with E-state index in [2.05, 4.69) is 0 Å². The third kappa shape index (κ3) is 3.76. The number of urea groups is 1. The van der Waals surface area contributed by atoms with Crippen molar-refractivity contribution >= 4 is 35.1 Å². The number of hydrogen-bond acceptors (Lipinski definition) is 5. The minimum Gasteiger partial charge on any atom is -0.339 e. The number of likely N-dealkylation sites (N-methyl/N-ethyl adjacent to an activating group) is 1. The van der Waals surface area contributed by atoms with Gasteiger partial charge in [-0.15, -0.1) is 11.3 Å². The summed E-state index contributed by atoms with van der Waals surface area (Å²) >= 11 is 1.52. The summed E-state index contributed by atoms with van der Waals surface area (Å²) in [7, 11) is 1.60. The van der Waals surface area contributed by atoms with Gasteiger partial charge in [-0.25, -0.2) is 9.69 Å². The Bertz CT molecular complexity index is 627. The molecule has 2 heterocycles. The van der Waals surface area contributed by atoms with Crippen molar-refractivity contribution in [3.8, 4) is 0 Å². The van der Waals surface area contributed by atoms with E-state index in [0.29, 0.717) is 6.54 Å². The van der Waals surface area contributed by atoms with E-state index >= 15 is 0 Å². The fraction of sp³-hybridized carbons (Fsp3) is 0.467. The van der Waals surface area contributed by atoms with Crippen LogP contribution in [0.4, 0.5) is 4.79 Å². The lowest BCUT2D eigenvalue weighted by Crippen LogP contribution is -2.42. The summed E-state index contributed by atoms with van der Waals surface area (Å²) in [6.07, 6.45) is 0. The van der Waals surface area contributed by atoms with E-state index in [1.54, 1.807) is 7.05 Å². The Balaban J connectivity index is 2.01. The van der Waals surface area contributed by atoms with Gasteiger partial charge in [0, 0.05) is 18.5 Å². The highest BCUT2D eigenvalue weighted by Crippen LogP contribution is 2.15. The highest BCUT2D eigenvalue weighted by molar-refractivity contribution is 7.09. The second-order valence-electron chi connectivity index (χ2n) is 5.81. The van der Waals surface area contributed by atoms with Crippen molar-refractivity contribution in [3.05, 3.63) is 22.4 Å². The third-order valence-electron chi connectivity index (χ3n) is 3.38. The van der Waals surface area contributed by atoms with Crippen molar-refractivity contribution in [2.75, 3.05) is 20.1 Å². The van der Waals surface area contributed by atoms with Crippen molar-refractivity contribution < 1.29 is 19.2 Å². The lowest BCUT2D eigenvalue weighted by molar-refractivity contribution is -0.144. The summed E-state index contributed by atoms with van der Waals surface area (Å²) in [5.41, 5.74) is 0. The molecule has 1 aliphatic heterocycles. The molecule has 1 saturated heterocycles. The highest BCUT2D eigenvalue weighted by Gasteiger charge is 2.45. The van der Waals surface area contributed by atoms with E-state index < -0.39 is 24.4 Å². The molecule has 0 aliphatic carbocycles.